The van der Waals surface area contributed by atoms with E-state index in [1.807, 2.05) is 0 Å². The van der Waals surface area contributed by atoms with Gasteiger partial charge < -0.3 is 19.8 Å². The predicted octanol–water partition coefficient (Wildman–Crippen LogP) is 8.27. The van der Waals surface area contributed by atoms with Gasteiger partial charge in [0.2, 0.25) is 0 Å². The number of rotatable bonds is 26. The van der Waals surface area contributed by atoms with Crippen LogP contribution in [0, 0.1) is 0 Å². The molecule has 0 N–H and O–H groups in total. The quantitative estimate of drug-likeness (QED) is 0.0505. The number of unbranched alkanes of at least 4 members (excludes halogenated alkanes) is 10. The summed E-state index contributed by atoms with van der Waals surface area (Å²) in [5.41, 5.74) is 0. The molecule has 4 nitrogen and oxygen atoms in total. The molecule has 0 aliphatic carbocycles. The van der Waals surface area contributed by atoms with Gasteiger partial charge in [0.1, 0.15) is 0 Å². The second-order valence-electron chi connectivity index (χ2n) is 9.94. The first kappa shape index (κ1) is 43.8. The fourth-order valence-electron chi connectivity index (χ4n) is 3.78. The van der Waals surface area contributed by atoms with Crippen molar-refractivity contribution in [1.82, 2.24) is 0 Å². The standard InChI is InChI=1S/2C18H30O2.Pb/c2*1-2-3-4-5-6-7-8-9-10-11-12-13-14-15-16-17-18(19)20;/h2*3-4,6-7,9-10H,2,5,8,11-17H2,1H3,(H,19,20);/q;;+2/p-2/b2*4-3-,7-6-,10-9-;. The van der Waals surface area contributed by atoms with Crippen molar-refractivity contribution >= 4 is 39.2 Å². The van der Waals surface area contributed by atoms with Crippen LogP contribution >= 0.6 is 0 Å². The third-order valence-electron chi connectivity index (χ3n) is 6.06. The largest absolute Gasteiger partial charge is 2.00 e. The van der Waals surface area contributed by atoms with Crippen LogP contribution < -0.4 is 10.2 Å². The summed E-state index contributed by atoms with van der Waals surface area (Å²) in [6.45, 7) is 4.29. The van der Waals surface area contributed by atoms with Crippen LogP contribution in [0.15, 0.2) is 72.9 Å². The maximum absolute atomic E-state index is 10.2. The van der Waals surface area contributed by atoms with Crippen molar-refractivity contribution in [2.24, 2.45) is 0 Å². The van der Waals surface area contributed by atoms with Gasteiger partial charge in [-0.3, -0.25) is 0 Å². The molecule has 41 heavy (non-hydrogen) atoms. The van der Waals surface area contributed by atoms with Crippen molar-refractivity contribution in [3.8, 4) is 0 Å². The van der Waals surface area contributed by atoms with Gasteiger partial charge in [0, 0.05) is 11.9 Å². The van der Waals surface area contributed by atoms with Crippen LogP contribution in [0.3, 0.4) is 0 Å². The van der Waals surface area contributed by atoms with E-state index >= 15 is 0 Å². The molecular formula is C36H58O4Pb. The zero-order valence-electron chi connectivity index (χ0n) is 26.2. The van der Waals surface area contributed by atoms with Crippen molar-refractivity contribution in [2.45, 2.75) is 142 Å². The van der Waals surface area contributed by atoms with Crippen LogP contribution in [0.1, 0.15) is 142 Å². The smallest absolute Gasteiger partial charge is 0.550 e. The van der Waals surface area contributed by atoms with Crippen molar-refractivity contribution in [1.29, 1.82) is 0 Å². The van der Waals surface area contributed by atoms with Crippen LogP contribution in [-0.4, -0.2) is 39.2 Å². The molecule has 0 saturated carbocycles. The average Bonchev–Trinajstić information content (AvgIpc) is 2.93. The molecule has 0 aliphatic rings. The molecule has 0 aromatic heterocycles. The zero-order valence-corrected chi connectivity index (χ0v) is 30.1. The number of hydrogen-bond acceptors (Lipinski definition) is 4. The Hall–Kier alpha value is -1.70. The Balaban J connectivity index is -0.000000688. The maximum Gasteiger partial charge on any atom is 2.00 e. The van der Waals surface area contributed by atoms with Gasteiger partial charge in [-0.05, 0) is 89.9 Å². The topological polar surface area (TPSA) is 80.3 Å². The van der Waals surface area contributed by atoms with Gasteiger partial charge in [-0.15, -0.1) is 0 Å². The minimum atomic E-state index is -0.925. The van der Waals surface area contributed by atoms with Crippen molar-refractivity contribution < 1.29 is 19.8 Å². The van der Waals surface area contributed by atoms with Gasteiger partial charge in [0.25, 0.3) is 0 Å². The number of allylic oxidation sites excluding steroid dienone is 12. The van der Waals surface area contributed by atoms with Gasteiger partial charge in [0.05, 0.1) is 0 Å². The average molecular weight is 762 g/mol. The SMILES string of the molecule is CC/C=C\C/C=C\C/C=C\CCCCCCCC(=O)[O-].CC/C=C\C/C=C\C/C=C\CCCCCCCC(=O)[O-].[Pb+2]. The molecule has 0 atom stereocenters. The van der Waals surface area contributed by atoms with Gasteiger partial charge in [-0.1, -0.05) is 125 Å². The Morgan fingerprint density at radius 1 is 0.415 bits per heavy atom. The molecule has 0 fully saturated rings. The van der Waals surface area contributed by atoms with Crippen molar-refractivity contribution in [3.63, 3.8) is 0 Å². The van der Waals surface area contributed by atoms with E-state index in [9.17, 15) is 19.8 Å². The first-order chi connectivity index (χ1) is 19.5. The number of carboxylic acid groups (broad SMARTS) is 2. The number of carbonyl (C=O) groups excluding carboxylic acids is 2. The van der Waals surface area contributed by atoms with Crippen molar-refractivity contribution in [3.05, 3.63) is 72.9 Å². The molecular weight excluding hydrogens is 704 g/mol. The molecule has 0 amide bonds. The first-order valence-corrected chi connectivity index (χ1v) is 15.8. The Bertz CT molecular complexity index is 670. The van der Waals surface area contributed by atoms with Crippen LogP contribution in [0.25, 0.3) is 0 Å². The third-order valence-corrected chi connectivity index (χ3v) is 6.06. The molecule has 2 radical (unpaired) electrons. The summed E-state index contributed by atoms with van der Waals surface area (Å²) in [7, 11) is 0. The molecule has 0 saturated heterocycles. The third kappa shape index (κ3) is 48.4. The van der Waals surface area contributed by atoms with E-state index in [1.54, 1.807) is 0 Å². The molecule has 5 heteroatoms. The number of carboxylic acids is 2. The summed E-state index contributed by atoms with van der Waals surface area (Å²) in [5, 5.41) is 20.4. The van der Waals surface area contributed by atoms with Crippen LogP contribution in [0.2, 0.25) is 0 Å². The molecule has 0 bridgehead atoms. The fraction of sp³-hybridized carbons (Fsp3) is 0.611. The van der Waals surface area contributed by atoms with E-state index in [1.165, 1.54) is 25.7 Å². The molecule has 230 valence electrons. The molecule has 0 rings (SSSR count). The van der Waals surface area contributed by atoms with Gasteiger partial charge in [-0.25, -0.2) is 0 Å². The van der Waals surface area contributed by atoms with Crippen molar-refractivity contribution in [2.75, 3.05) is 0 Å². The zero-order chi connectivity index (χ0) is 29.8. The normalized spacial score (nSPS) is 11.8. The summed E-state index contributed by atoms with van der Waals surface area (Å²) in [6.07, 6.45) is 46.1. The Morgan fingerprint density at radius 2 is 0.683 bits per heavy atom. The monoisotopic (exact) mass is 762 g/mol. The maximum atomic E-state index is 10.2. The van der Waals surface area contributed by atoms with Crippen LogP contribution in [0.5, 0.6) is 0 Å². The van der Waals surface area contributed by atoms with E-state index in [0.29, 0.717) is 0 Å². The fourth-order valence-corrected chi connectivity index (χ4v) is 3.78. The molecule has 0 unspecified atom stereocenters. The molecule has 0 heterocycles. The summed E-state index contributed by atoms with van der Waals surface area (Å²) in [6, 6.07) is 0. The minimum absolute atomic E-state index is 0. The van der Waals surface area contributed by atoms with Gasteiger partial charge in [0.15, 0.2) is 0 Å². The van der Waals surface area contributed by atoms with Crippen LogP contribution in [-0.2, 0) is 9.59 Å². The van der Waals surface area contributed by atoms with E-state index < -0.39 is 11.9 Å². The minimum Gasteiger partial charge on any atom is -0.550 e. The van der Waals surface area contributed by atoms with E-state index in [0.717, 1.165) is 89.9 Å². The summed E-state index contributed by atoms with van der Waals surface area (Å²) in [5.74, 6) is -1.85. The Morgan fingerprint density at radius 3 is 1.00 bits per heavy atom. The Kier molecular flexibility index (Phi) is 43.2. The second-order valence-corrected chi connectivity index (χ2v) is 9.94. The first-order valence-electron chi connectivity index (χ1n) is 15.8. The van der Waals surface area contributed by atoms with Gasteiger partial charge in [-0.2, -0.15) is 0 Å². The second kappa shape index (κ2) is 40.4. The molecule has 0 spiro atoms. The molecule has 0 aromatic rings. The number of aliphatic carboxylic acids is 2. The van der Waals surface area contributed by atoms with Gasteiger partial charge >= 0.3 is 27.3 Å². The molecule has 0 aliphatic heterocycles. The summed E-state index contributed by atoms with van der Waals surface area (Å²) >= 11 is 0. The van der Waals surface area contributed by atoms with E-state index in [4.69, 9.17) is 0 Å². The Labute approximate surface area is 273 Å². The summed E-state index contributed by atoms with van der Waals surface area (Å²) < 4.78 is 0. The molecule has 0 aromatic carbocycles. The number of carbonyl (C=O) groups is 2. The predicted molar refractivity (Wildman–Crippen MR) is 174 cm³/mol. The van der Waals surface area contributed by atoms with E-state index in [2.05, 4.69) is 86.8 Å². The van der Waals surface area contributed by atoms with E-state index in [-0.39, 0.29) is 40.1 Å². The van der Waals surface area contributed by atoms with Crippen LogP contribution in [0.4, 0.5) is 0 Å². The number of hydrogen-bond donors (Lipinski definition) is 0. The summed E-state index contributed by atoms with van der Waals surface area (Å²) in [4.78, 5) is 20.4.